The molecule has 0 bridgehead atoms. The number of amides is 1. The highest BCUT2D eigenvalue weighted by molar-refractivity contribution is 7.80. The zero-order valence-electron chi connectivity index (χ0n) is 14.7. The fourth-order valence-corrected chi connectivity index (χ4v) is 5.22. The van der Waals surface area contributed by atoms with Crippen LogP contribution >= 0.6 is 35.2 Å². The highest BCUT2D eigenvalue weighted by Gasteiger charge is 2.52. The molecular formula is C22H15ClN2OS2. The summed E-state index contributed by atoms with van der Waals surface area (Å²) in [5, 5.41) is 3.24. The Bertz CT molecular complexity index is 1080. The summed E-state index contributed by atoms with van der Waals surface area (Å²) < 4.78 is 0. The molecule has 1 amide bonds. The first-order valence-electron chi connectivity index (χ1n) is 8.88. The third kappa shape index (κ3) is 2.70. The monoisotopic (exact) mass is 422 g/mol. The van der Waals surface area contributed by atoms with E-state index in [0.717, 1.165) is 21.8 Å². The van der Waals surface area contributed by atoms with Crippen LogP contribution < -0.4 is 4.90 Å². The van der Waals surface area contributed by atoms with Crippen LogP contribution in [0.4, 0.5) is 5.69 Å². The van der Waals surface area contributed by atoms with Gasteiger partial charge in [-0.15, -0.1) is 11.3 Å². The molecule has 0 spiro atoms. The van der Waals surface area contributed by atoms with Crippen LogP contribution in [0.3, 0.4) is 0 Å². The number of hydrogen-bond donors (Lipinski definition) is 0. The van der Waals surface area contributed by atoms with Gasteiger partial charge in [-0.3, -0.25) is 9.69 Å². The molecule has 28 heavy (non-hydrogen) atoms. The minimum atomic E-state index is -0.364. The third-order valence-corrected chi connectivity index (χ3v) is 6.72. The number of benzene rings is 2. The smallest absolute Gasteiger partial charge is 0.257 e. The van der Waals surface area contributed by atoms with Crippen LogP contribution in [0.25, 0.3) is 5.70 Å². The molecular weight excluding hydrogens is 408 g/mol. The molecule has 138 valence electrons. The molecule has 1 saturated heterocycles. The Labute approximate surface area is 177 Å². The second-order valence-corrected chi connectivity index (χ2v) is 8.49. The van der Waals surface area contributed by atoms with E-state index in [0.29, 0.717) is 10.1 Å². The van der Waals surface area contributed by atoms with Gasteiger partial charge in [0.05, 0.1) is 5.69 Å². The Kier molecular flexibility index (Phi) is 4.31. The Morgan fingerprint density at radius 1 is 0.964 bits per heavy atom. The number of thiocarbonyl (C=S) groups is 1. The van der Waals surface area contributed by atoms with Crippen molar-refractivity contribution in [3.8, 4) is 0 Å². The molecule has 3 heterocycles. The van der Waals surface area contributed by atoms with Gasteiger partial charge in [0.2, 0.25) is 0 Å². The van der Waals surface area contributed by atoms with Gasteiger partial charge in [-0.2, -0.15) is 0 Å². The third-order valence-electron chi connectivity index (χ3n) is 5.11. The van der Waals surface area contributed by atoms with Crippen molar-refractivity contribution in [2.24, 2.45) is 0 Å². The van der Waals surface area contributed by atoms with E-state index < -0.39 is 0 Å². The lowest BCUT2D eigenvalue weighted by atomic mass is 9.99. The van der Waals surface area contributed by atoms with Gasteiger partial charge in [-0.25, -0.2) is 0 Å². The number of carbonyl (C=O) groups excluding carboxylic acids is 1. The van der Waals surface area contributed by atoms with Crippen LogP contribution in [0.2, 0.25) is 5.02 Å². The average molecular weight is 423 g/mol. The van der Waals surface area contributed by atoms with E-state index in [1.165, 1.54) is 0 Å². The standard InChI is InChI=1S/C22H15ClN2OS2/c23-15-10-8-14(9-11-15)18-13-17(19-7-4-12-28-19)20-21(26)24(22(27)25(18)20)16-5-2-1-3-6-16/h1-13,17,20H. The van der Waals surface area contributed by atoms with Gasteiger partial charge < -0.3 is 4.90 Å². The van der Waals surface area contributed by atoms with Crippen molar-refractivity contribution in [2.45, 2.75) is 12.0 Å². The molecule has 6 heteroatoms. The minimum Gasteiger partial charge on any atom is -0.304 e. The van der Waals surface area contributed by atoms with E-state index >= 15 is 0 Å². The van der Waals surface area contributed by atoms with E-state index in [4.69, 9.17) is 23.8 Å². The van der Waals surface area contributed by atoms with Crippen LogP contribution in [0.15, 0.2) is 78.2 Å². The predicted octanol–water partition coefficient (Wildman–Crippen LogP) is 5.54. The summed E-state index contributed by atoms with van der Waals surface area (Å²) in [7, 11) is 0. The van der Waals surface area contributed by atoms with Gasteiger partial charge in [0, 0.05) is 21.5 Å². The van der Waals surface area contributed by atoms with Crippen molar-refractivity contribution < 1.29 is 4.79 Å². The summed E-state index contributed by atoms with van der Waals surface area (Å²) in [6, 6.07) is 21.0. The Hall–Kier alpha value is -2.47. The molecule has 0 aliphatic carbocycles. The molecule has 2 aliphatic rings. The molecule has 2 aliphatic heterocycles. The Balaban J connectivity index is 1.63. The number of rotatable bonds is 3. The molecule has 0 N–H and O–H groups in total. The van der Waals surface area contributed by atoms with Crippen molar-refractivity contribution in [3.05, 3.63) is 93.6 Å². The quantitative estimate of drug-likeness (QED) is 0.517. The molecule has 1 aromatic heterocycles. The molecule has 2 atom stereocenters. The second kappa shape index (κ2) is 6.85. The van der Waals surface area contributed by atoms with Crippen molar-refractivity contribution in [2.75, 3.05) is 4.90 Å². The predicted molar refractivity (Wildman–Crippen MR) is 119 cm³/mol. The van der Waals surface area contributed by atoms with Crippen molar-refractivity contribution in [1.82, 2.24) is 4.90 Å². The fourth-order valence-electron chi connectivity index (χ4n) is 3.86. The van der Waals surface area contributed by atoms with E-state index in [1.54, 1.807) is 16.2 Å². The molecule has 1 fully saturated rings. The van der Waals surface area contributed by atoms with Crippen molar-refractivity contribution in [3.63, 3.8) is 0 Å². The summed E-state index contributed by atoms with van der Waals surface area (Å²) in [4.78, 5) is 18.3. The summed E-state index contributed by atoms with van der Waals surface area (Å²) in [6.07, 6.45) is 2.16. The number of halogens is 1. The highest BCUT2D eigenvalue weighted by atomic mass is 35.5. The maximum atomic E-state index is 13.5. The minimum absolute atomic E-state index is 0.00909. The van der Waals surface area contributed by atoms with Crippen LogP contribution in [-0.2, 0) is 4.79 Å². The van der Waals surface area contributed by atoms with Gasteiger partial charge in [-0.1, -0.05) is 48.0 Å². The SMILES string of the molecule is O=C1C2C(c3cccs3)C=C(c3ccc(Cl)cc3)N2C(=S)N1c1ccccc1. The topological polar surface area (TPSA) is 23.6 Å². The van der Waals surface area contributed by atoms with E-state index in [9.17, 15) is 4.79 Å². The number of fused-ring (bicyclic) bond motifs is 1. The number of hydrogen-bond acceptors (Lipinski definition) is 3. The lowest BCUT2D eigenvalue weighted by Gasteiger charge is -2.22. The fraction of sp³-hybridized carbons (Fsp3) is 0.0909. The number of carbonyl (C=O) groups is 1. The average Bonchev–Trinajstić information content (AvgIpc) is 3.41. The Morgan fingerprint density at radius 3 is 2.39 bits per heavy atom. The first-order valence-corrected chi connectivity index (χ1v) is 10.5. The maximum Gasteiger partial charge on any atom is 0.257 e. The Morgan fingerprint density at radius 2 is 1.71 bits per heavy atom. The van der Waals surface area contributed by atoms with E-state index in [2.05, 4.69) is 12.1 Å². The molecule has 3 nitrogen and oxygen atoms in total. The van der Waals surface area contributed by atoms with Crippen LogP contribution in [0.5, 0.6) is 0 Å². The number of para-hydroxylation sites is 1. The zero-order chi connectivity index (χ0) is 19.3. The van der Waals surface area contributed by atoms with Gasteiger partial charge >= 0.3 is 0 Å². The number of nitrogens with zero attached hydrogens (tertiary/aromatic N) is 2. The highest BCUT2D eigenvalue weighted by Crippen LogP contribution is 2.46. The zero-order valence-corrected chi connectivity index (χ0v) is 17.0. The molecule has 0 radical (unpaired) electrons. The largest absolute Gasteiger partial charge is 0.304 e. The van der Waals surface area contributed by atoms with Crippen LogP contribution in [-0.4, -0.2) is 22.0 Å². The molecule has 2 unspecified atom stereocenters. The van der Waals surface area contributed by atoms with Gasteiger partial charge in [0.15, 0.2) is 5.11 Å². The molecule has 3 aromatic rings. The summed E-state index contributed by atoms with van der Waals surface area (Å²) in [5.41, 5.74) is 2.75. The summed E-state index contributed by atoms with van der Waals surface area (Å²) in [5.74, 6) is -0.0281. The second-order valence-electron chi connectivity index (χ2n) is 6.71. The first-order chi connectivity index (χ1) is 13.6. The van der Waals surface area contributed by atoms with Gasteiger partial charge in [0.1, 0.15) is 6.04 Å². The molecule has 5 rings (SSSR count). The lowest BCUT2D eigenvalue weighted by molar-refractivity contribution is -0.119. The summed E-state index contributed by atoms with van der Waals surface area (Å²) >= 11 is 13.5. The first kappa shape index (κ1) is 17.6. The van der Waals surface area contributed by atoms with Gasteiger partial charge in [-0.05, 0) is 59.6 Å². The number of anilines is 1. The van der Waals surface area contributed by atoms with Gasteiger partial charge in [0.25, 0.3) is 5.91 Å². The lowest BCUT2D eigenvalue weighted by Crippen LogP contribution is -2.33. The van der Waals surface area contributed by atoms with Crippen LogP contribution in [0, 0.1) is 0 Å². The van der Waals surface area contributed by atoms with E-state index in [-0.39, 0.29) is 17.9 Å². The van der Waals surface area contributed by atoms with Crippen LogP contribution in [0.1, 0.15) is 16.4 Å². The maximum absolute atomic E-state index is 13.5. The van der Waals surface area contributed by atoms with Crippen molar-refractivity contribution in [1.29, 1.82) is 0 Å². The molecule has 0 saturated carbocycles. The van der Waals surface area contributed by atoms with Crippen molar-refractivity contribution >= 4 is 57.6 Å². The molecule has 2 aromatic carbocycles. The summed E-state index contributed by atoms with van der Waals surface area (Å²) in [6.45, 7) is 0. The normalized spacial score (nSPS) is 21.2. The van der Waals surface area contributed by atoms with E-state index in [1.807, 2.05) is 70.9 Å². The number of thiophene rings is 1.